The molecule has 0 fully saturated rings. The molecule has 1 aliphatic rings. The van der Waals surface area contributed by atoms with Crippen molar-refractivity contribution >= 4 is 23.2 Å². The second kappa shape index (κ2) is 8.91. The van der Waals surface area contributed by atoms with E-state index >= 15 is 0 Å². The van der Waals surface area contributed by atoms with Gasteiger partial charge in [-0.3, -0.25) is 4.79 Å². The summed E-state index contributed by atoms with van der Waals surface area (Å²) in [6, 6.07) is 14.4. The third-order valence-corrected chi connectivity index (χ3v) is 5.56. The number of anilines is 3. The van der Waals surface area contributed by atoms with Crippen LogP contribution in [0.1, 0.15) is 46.5 Å². The van der Waals surface area contributed by atoms with E-state index < -0.39 is 0 Å². The number of hydrogen-bond acceptors (Lipinski definition) is 9. The molecule has 172 valence electrons. The van der Waals surface area contributed by atoms with Gasteiger partial charge >= 0.3 is 0 Å². The van der Waals surface area contributed by atoms with E-state index in [2.05, 4.69) is 36.1 Å². The maximum absolute atomic E-state index is 12.0. The van der Waals surface area contributed by atoms with E-state index in [-0.39, 0.29) is 24.6 Å². The molecule has 1 aromatic carbocycles. The van der Waals surface area contributed by atoms with Crippen LogP contribution in [0.25, 0.3) is 11.5 Å². The summed E-state index contributed by atoms with van der Waals surface area (Å²) in [6.07, 6.45) is 1.62. The zero-order chi connectivity index (χ0) is 23.7. The molecular weight excluding hydrogens is 434 g/mol. The van der Waals surface area contributed by atoms with Crippen LogP contribution in [0, 0.1) is 6.92 Å². The lowest BCUT2D eigenvalue weighted by atomic mass is 10.1. The van der Waals surface area contributed by atoms with Crippen molar-refractivity contribution in [3.8, 4) is 11.5 Å². The van der Waals surface area contributed by atoms with Crippen LogP contribution < -0.4 is 16.0 Å². The second-order valence-corrected chi connectivity index (χ2v) is 7.98. The Morgan fingerprint density at radius 2 is 1.94 bits per heavy atom. The Kier molecular flexibility index (Phi) is 5.64. The summed E-state index contributed by atoms with van der Waals surface area (Å²) in [4.78, 5) is 21.1. The number of benzene rings is 1. The van der Waals surface area contributed by atoms with Crippen molar-refractivity contribution < 1.29 is 14.3 Å². The molecule has 4 N–H and O–H groups in total. The summed E-state index contributed by atoms with van der Waals surface area (Å²) >= 11 is 0. The zero-order valence-electron chi connectivity index (χ0n) is 18.6. The molecule has 0 bridgehead atoms. The average Bonchev–Trinajstić information content (AvgIpc) is 3.40. The summed E-state index contributed by atoms with van der Waals surface area (Å²) in [5, 5.41) is 27.5. The van der Waals surface area contributed by atoms with Crippen molar-refractivity contribution in [2.75, 3.05) is 17.2 Å². The SMILES string of the molecule is Cc1nnc(-c2cnc(Nc3ccc4c(n3)C(C)NC4=O)cc2N[C@H](CO)c2ccccc2)o1. The highest BCUT2D eigenvalue weighted by atomic mass is 16.4. The van der Waals surface area contributed by atoms with Crippen molar-refractivity contribution in [1.82, 2.24) is 25.5 Å². The number of aliphatic hydroxyl groups is 1. The number of hydrogen-bond donors (Lipinski definition) is 4. The maximum atomic E-state index is 12.0. The van der Waals surface area contributed by atoms with Gasteiger partial charge in [0.05, 0.1) is 41.2 Å². The molecule has 0 spiro atoms. The fraction of sp³-hybridized carbons (Fsp3) is 0.208. The zero-order valence-corrected chi connectivity index (χ0v) is 18.6. The summed E-state index contributed by atoms with van der Waals surface area (Å²) in [7, 11) is 0. The first kappa shape index (κ1) is 21.5. The minimum atomic E-state index is -0.365. The van der Waals surface area contributed by atoms with Crippen LogP contribution in [0.3, 0.4) is 0 Å². The lowest BCUT2D eigenvalue weighted by Gasteiger charge is -2.20. The van der Waals surface area contributed by atoms with Crippen LogP contribution in [-0.2, 0) is 0 Å². The molecule has 4 aromatic rings. The minimum Gasteiger partial charge on any atom is -0.421 e. The molecule has 0 saturated carbocycles. The largest absolute Gasteiger partial charge is 0.421 e. The first-order chi connectivity index (χ1) is 16.5. The monoisotopic (exact) mass is 457 g/mol. The van der Waals surface area contributed by atoms with Gasteiger partial charge < -0.3 is 25.5 Å². The van der Waals surface area contributed by atoms with Gasteiger partial charge in [-0.25, -0.2) is 9.97 Å². The Hall–Kier alpha value is -4.31. The van der Waals surface area contributed by atoms with Gasteiger partial charge in [0.1, 0.15) is 11.6 Å². The third kappa shape index (κ3) is 4.18. The van der Waals surface area contributed by atoms with Gasteiger partial charge in [0.15, 0.2) is 0 Å². The van der Waals surface area contributed by atoms with E-state index in [1.54, 1.807) is 31.3 Å². The number of aromatic nitrogens is 4. The fourth-order valence-corrected chi connectivity index (χ4v) is 3.87. The molecule has 1 amide bonds. The quantitative estimate of drug-likeness (QED) is 0.328. The smallest absolute Gasteiger partial charge is 0.253 e. The Labute approximate surface area is 195 Å². The van der Waals surface area contributed by atoms with E-state index in [1.807, 2.05) is 37.3 Å². The fourth-order valence-electron chi connectivity index (χ4n) is 3.87. The van der Waals surface area contributed by atoms with Crippen LogP contribution in [0.2, 0.25) is 0 Å². The normalized spacial score (nSPS) is 15.5. The van der Waals surface area contributed by atoms with Gasteiger partial charge in [-0.05, 0) is 24.6 Å². The number of carbonyl (C=O) groups excluding carboxylic acids is 1. The molecule has 0 radical (unpaired) electrons. The van der Waals surface area contributed by atoms with Crippen LogP contribution in [0.4, 0.5) is 17.3 Å². The first-order valence-electron chi connectivity index (χ1n) is 10.8. The Morgan fingerprint density at radius 3 is 2.68 bits per heavy atom. The highest BCUT2D eigenvalue weighted by Crippen LogP contribution is 2.32. The topological polar surface area (TPSA) is 138 Å². The Morgan fingerprint density at radius 1 is 1.12 bits per heavy atom. The van der Waals surface area contributed by atoms with Crippen LogP contribution in [-0.4, -0.2) is 37.8 Å². The number of nitrogens with one attached hydrogen (secondary N) is 3. The van der Waals surface area contributed by atoms with E-state index in [0.717, 1.165) is 5.56 Å². The van der Waals surface area contributed by atoms with Gasteiger partial charge in [0, 0.05) is 19.2 Å². The summed E-state index contributed by atoms with van der Waals surface area (Å²) in [5.74, 6) is 1.71. The first-order valence-corrected chi connectivity index (χ1v) is 10.8. The standard InChI is InChI=1S/C24H23N7O3/c1-13-22-16(23(33)26-13)8-9-20(29-22)28-21-10-18(17(11-25-21)24-31-30-14(2)34-24)27-19(12-32)15-6-4-3-5-7-15/h3-11,13,19,32H,12H2,1-2H3,(H,26,33)(H2,25,27,28,29)/t13?,19-/m1/s1. The van der Waals surface area contributed by atoms with Gasteiger partial charge in [-0.15, -0.1) is 10.2 Å². The highest BCUT2D eigenvalue weighted by Gasteiger charge is 2.27. The number of aliphatic hydroxyl groups excluding tert-OH is 1. The Balaban J connectivity index is 1.49. The lowest BCUT2D eigenvalue weighted by Crippen LogP contribution is -2.16. The van der Waals surface area contributed by atoms with Crippen LogP contribution in [0.5, 0.6) is 0 Å². The molecule has 34 heavy (non-hydrogen) atoms. The van der Waals surface area contributed by atoms with Gasteiger partial charge in [-0.1, -0.05) is 30.3 Å². The number of rotatable bonds is 7. The molecule has 0 saturated heterocycles. The molecule has 4 heterocycles. The van der Waals surface area contributed by atoms with Gasteiger partial charge in [0.2, 0.25) is 5.89 Å². The molecule has 2 atom stereocenters. The van der Waals surface area contributed by atoms with E-state index in [9.17, 15) is 9.90 Å². The number of carbonyl (C=O) groups is 1. The third-order valence-electron chi connectivity index (χ3n) is 5.56. The molecule has 3 aromatic heterocycles. The number of nitrogens with zero attached hydrogens (tertiary/aromatic N) is 4. The van der Waals surface area contributed by atoms with Crippen molar-refractivity contribution in [3.05, 3.63) is 77.4 Å². The molecule has 0 aliphatic carbocycles. The number of amides is 1. The number of fused-ring (bicyclic) bond motifs is 1. The second-order valence-electron chi connectivity index (χ2n) is 7.98. The van der Waals surface area contributed by atoms with Crippen LogP contribution in [0.15, 0.2) is 59.1 Å². The molecule has 5 rings (SSSR count). The lowest BCUT2D eigenvalue weighted by molar-refractivity contribution is 0.0958. The van der Waals surface area contributed by atoms with E-state index in [0.29, 0.717) is 45.9 Å². The van der Waals surface area contributed by atoms with Crippen molar-refractivity contribution in [2.24, 2.45) is 0 Å². The highest BCUT2D eigenvalue weighted by molar-refractivity contribution is 5.98. The van der Waals surface area contributed by atoms with Gasteiger partial charge in [-0.2, -0.15) is 0 Å². The summed E-state index contributed by atoms with van der Waals surface area (Å²) in [6.45, 7) is 3.48. The van der Waals surface area contributed by atoms with Crippen molar-refractivity contribution in [3.63, 3.8) is 0 Å². The van der Waals surface area contributed by atoms with Crippen molar-refractivity contribution in [1.29, 1.82) is 0 Å². The van der Waals surface area contributed by atoms with Crippen LogP contribution >= 0.6 is 0 Å². The molecule has 10 heteroatoms. The molecule has 10 nitrogen and oxygen atoms in total. The summed E-state index contributed by atoms with van der Waals surface area (Å²) < 4.78 is 5.63. The number of aryl methyl sites for hydroxylation is 1. The van der Waals surface area contributed by atoms with E-state index in [4.69, 9.17) is 4.42 Å². The molecule has 1 aliphatic heterocycles. The average molecular weight is 457 g/mol. The molecule has 1 unspecified atom stereocenters. The van der Waals surface area contributed by atoms with Gasteiger partial charge in [0.25, 0.3) is 11.8 Å². The minimum absolute atomic E-state index is 0.122. The van der Waals surface area contributed by atoms with Crippen molar-refractivity contribution in [2.45, 2.75) is 25.9 Å². The molecular formula is C24H23N7O3. The summed E-state index contributed by atoms with van der Waals surface area (Å²) in [5.41, 5.74) is 3.44. The Bertz CT molecular complexity index is 1340. The predicted molar refractivity (Wildman–Crippen MR) is 126 cm³/mol. The van der Waals surface area contributed by atoms with E-state index in [1.165, 1.54) is 0 Å². The number of pyridine rings is 2. The predicted octanol–water partition coefficient (Wildman–Crippen LogP) is 3.53. The maximum Gasteiger partial charge on any atom is 0.253 e.